The highest BCUT2D eigenvalue weighted by molar-refractivity contribution is 7.80. The van der Waals surface area contributed by atoms with Crippen LogP contribution in [0.2, 0.25) is 0 Å². The number of rotatable bonds is 6. The second-order valence-electron chi connectivity index (χ2n) is 8.15. The van der Waals surface area contributed by atoms with Crippen LogP contribution in [0, 0.1) is 12.3 Å². The average Bonchev–Trinajstić information content (AvgIpc) is 3.37. The van der Waals surface area contributed by atoms with E-state index in [9.17, 15) is 4.79 Å². The molecule has 1 atom stereocenters. The lowest BCUT2D eigenvalue weighted by Gasteiger charge is -2.32. The van der Waals surface area contributed by atoms with Crippen LogP contribution < -0.4 is 16.0 Å². The molecule has 0 aromatic heterocycles. The number of nitrogens with zero attached hydrogens (tertiary/aromatic N) is 3. The van der Waals surface area contributed by atoms with Gasteiger partial charge in [-0.05, 0) is 67.0 Å². The van der Waals surface area contributed by atoms with Crippen LogP contribution in [0.5, 0.6) is 0 Å². The Morgan fingerprint density at radius 3 is 2.35 bits per heavy atom. The summed E-state index contributed by atoms with van der Waals surface area (Å²) in [6.45, 7) is 1.97. The molecule has 7 heteroatoms. The van der Waals surface area contributed by atoms with Crippen LogP contribution in [-0.2, 0) is 4.79 Å². The summed E-state index contributed by atoms with van der Waals surface area (Å²) in [5.74, 6) is 2.37. The smallest absolute Gasteiger partial charge is 0.248 e. The molecule has 0 radical (unpaired) electrons. The Morgan fingerprint density at radius 2 is 1.76 bits per heavy atom. The largest absolute Gasteiger partial charge is 0.376 e. The third-order valence-electron chi connectivity index (χ3n) is 5.77. The molecule has 6 nitrogen and oxygen atoms in total. The zero-order valence-electron chi connectivity index (χ0n) is 18.8. The summed E-state index contributed by atoms with van der Waals surface area (Å²) in [5.41, 5.74) is 9.20. The molecule has 1 unspecified atom stereocenters. The van der Waals surface area contributed by atoms with Crippen molar-refractivity contribution in [3.8, 4) is 12.3 Å². The second kappa shape index (κ2) is 10.8. The molecule has 0 saturated carbocycles. The van der Waals surface area contributed by atoms with Crippen LogP contribution in [-0.4, -0.2) is 40.9 Å². The van der Waals surface area contributed by atoms with Crippen molar-refractivity contribution in [3.63, 3.8) is 0 Å². The summed E-state index contributed by atoms with van der Waals surface area (Å²) in [5, 5.41) is 9.91. The molecule has 172 valence electrons. The minimum Gasteiger partial charge on any atom is -0.376 e. The molecule has 2 aliphatic rings. The fourth-order valence-corrected chi connectivity index (χ4v) is 4.28. The van der Waals surface area contributed by atoms with Crippen molar-refractivity contribution in [2.75, 3.05) is 18.0 Å². The third-order valence-corrected chi connectivity index (χ3v) is 5.97. The SMILES string of the molecule is C#Cc1ccc(N(C(N)=S)C(C(=O)NC2C=CC(=NN3CCCC3)C=C2)c2ccccc2)cc1. The van der Waals surface area contributed by atoms with Gasteiger partial charge in [-0.1, -0.05) is 48.4 Å². The summed E-state index contributed by atoms with van der Waals surface area (Å²) in [6.07, 6.45) is 15.6. The van der Waals surface area contributed by atoms with E-state index in [1.165, 1.54) is 12.8 Å². The summed E-state index contributed by atoms with van der Waals surface area (Å²) < 4.78 is 0. The maximum atomic E-state index is 13.6. The number of allylic oxidation sites excluding steroid dienone is 2. The first-order valence-corrected chi connectivity index (χ1v) is 11.7. The van der Waals surface area contributed by atoms with Crippen molar-refractivity contribution in [1.29, 1.82) is 0 Å². The lowest BCUT2D eigenvalue weighted by atomic mass is 10.0. The number of hydrazone groups is 1. The van der Waals surface area contributed by atoms with E-state index in [4.69, 9.17) is 24.4 Å². The summed E-state index contributed by atoms with van der Waals surface area (Å²) in [7, 11) is 0. The molecule has 34 heavy (non-hydrogen) atoms. The minimum absolute atomic E-state index is 0.0900. The molecular weight excluding hydrogens is 442 g/mol. The highest BCUT2D eigenvalue weighted by Gasteiger charge is 2.31. The highest BCUT2D eigenvalue weighted by Crippen LogP contribution is 2.28. The van der Waals surface area contributed by atoms with Gasteiger partial charge in [0.15, 0.2) is 5.11 Å². The van der Waals surface area contributed by atoms with Gasteiger partial charge in [0, 0.05) is 24.3 Å². The van der Waals surface area contributed by atoms with Gasteiger partial charge in [0.1, 0.15) is 6.04 Å². The molecule has 4 rings (SSSR count). The third kappa shape index (κ3) is 5.53. The molecule has 1 fully saturated rings. The number of benzene rings is 2. The molecule has 1 heterocycles. The Balaban J connectivity index is 1.57. The zero-order chi connectivity index (χ0) is 23.9. The predicted octanol–water partition coefficient (Wildman–Crippen LogP) is 3.52. The van der Waals surface area contributed by atoms with Gasteiger partial charge in [-0.15, -0.1) is 6.42 Å². The van der Waals surface area contributed by atoms with Gasteiger partial charge in [0.2, 0.25) is 5.91 Å². The fraction of sp³-hybridized carbons (Fsp3) is 0.222. The fourth-order valence-electron chi connectivity index (χ4n) is 4.07. The maximum absolute atomic E-state index is 13.6. The minimum atomic E-state index is -0.753. The Morgan fingerprint density at radius 1 is 1.12 bits per heavy atom. The lowest BCUT2D eigenvalue weighted by molar-refractivity contribution is -0.122. The van der Waals surface area contributed by atoms with Gasteiger partial charge in [-0.25, -0.2) is 0 Å². The molecule has 0 bridgehead atoms. The van der Waals surface area contributed by atoms with E-state index in [2.05, 4.69) is 21.3 Å². The number of anilines is 1. The molecular formula is C27H27N5OS. The van der Waals surface area contributed by atoms with Crippen molar-refractivity contribution in [2.45, 2.75) is 24.9 Å². The first kappa shape index (κ1) is 23.3. The van der Waals surface area contributed by atoms with E-state index >= 15 is 0 Å². The molecule has 1 aliphatic heterocycles. The van der Waals surface area contributed by atoms with Gasteiger partial charge in [0.05, 0.1) is 11.8 Å². The van der Waals surface area contributed by atoms with Crippen molar-refractivity contribution < 1.29 is 4.79 Å². The van der Waals surface area contributed by atoms with Gasteiger partial charge in [-0.3, -0.25) is 9.80 Å². The van der Waals surface area contributed by atoms with Gasteiger partial charge >= 0.3 is 0 Å². The van der Waals surface area contributed by atoms with E-state index in [0.29, 0.717) is 5.69 Å². The quantitative estimate of drug-likeness (QED) is 0.500. The van der Waals surface area contributed by atoms with Crippen molar-refractivity contribution in [3.05, 3.63) is 90.0 Å². The Kier molecular flexibility index (Phi) is 7.41. The van der Waals surface area contributed by atoms with Crippen LogP contribution >= 0.6 is 12.2 Å². The number of nitrogens with two attached hydrogens (primary N) is 1. The topological polar surface area (TPSA) is 74.0 Å². The average molecular weight is 470 g/mol. The number of terminal acetylenes is 1. The summed E-state index contributed by atoms with van der Waals surface area (Å²) in [6, 6.07) is 15.7. The monoisotopic (exact) mass is 469 g/mol. The van der Waals surface area contributed by atoms with Crippen molar-refractivity contribution >= 4 is 34.6 Å². The van der Waals surface area contributed by atoms with Crippen LogP contribution in [0.1, 0.15) is 30.0 Å². The van der Waals surface area contributed by atoms with Crippen molar-refractivity contribution in [2.24, 2.45) is 10.8 Å². The van der Waals surface area contributed by atoms with Gasteiger partial charge in [0.25, 0.3) is 0 Å². The number of amides is 1. The van der Waals surface area contributed by atoms with E-state index in [-0.39, 0.29) is 17.1 Å². The van der Waals surface area contributed by atoms with Crippen LogP contribution in [0.25, 0.3) is 0 Å². The highest BCUT2D eigenvalue weighted by atomic mass is 32.1. The molecule has 1 amide bonds. The molecule has 3 N–H and O–H groups in total. The normalized spacial score (nSPS) is 17.7. The van der Waals surface area contributed by atoms with E-state index < -0.39 is 6.04 Å². The number of thiocarbonyl (C=S) groups is 1. The van der Waals surface area contributed by atoms with Crippen LogP contribution in [0.15, 0.2) is 84.0 Å². The van der Waals surface area contributed by atoms with Crippen LogP contribution in [0.4, 0.5) is 5.69 Å². The first-order valence-electron chi connectivity index (χ1n) is 11.3. The first-order chi connectivity index (χ1) is 16.5. The van der Waals surface area contributed by atoms with Crippen LogP contribution in [0.3, 0.4) is 0 Å². The standard InChI is InChI=1S/C27H27N5OS/c1-2-20-10-16-24(17-11-20)32(27(28)34)25(21-8-4-3-5-9-21)26(33)29-22-12-14-23(15-13-22)30-31-18-6-7-19-31/h1,3-5,8-17,22,25H,6-7,18-19H2,(H2,28,34)(H,29,33). The number of hydrogen-bond donors (Lipinski definition) is 2. The molecule has 1 saturated heterocycles. The molecule has 2 aromatic rings. The van der Waals surface area contributed by atoms with E-state index in [0.717, 1.165) is 29.9 Å². The van der Waals surface area contributed by atoms with E-state index in [1.807, 2.05) is 66.8 Å². The van der Waals surface area contributed by atoms with E-state index in [1.54, 1.807) is 17.0 Å². The number of carbonyl (C=O) groups excluding carboxylic acids is 1. The van der Waals surface area contributed by atoms with Gasteiger partial charge in [-0.2, -0.15) is 5.10 Å². The second-order valence-corrected chi connectivity index (χ2v) is 8.57. The Bertz CT molecular complexity index is 1140. The predicted molar refractivity (Wildman–Crippen MR) is 141 cm³/mol. The number of hydrogen-bond acceptors (Lipinski definition) is 4. The maximum Gasteiger partial charge on any atom is 0.248 e. The van der Waals surface area contributed by atoms with Gasteiger partial charge < -0.3 is 16.0 Å². The number of nitrogens with one attached hydrogen (secondary N) is 1. The Hall–Kier alpha value is -3.89. The molecule has 0 spiro atoms. The van der Waals surface area contributed by atoms with Crippen molar-refractivity contribution in [1.82, 2.24) is 10.3 Å². The summed E-state index contributed by atoms with van der Waals surface area (Å²) in [4.78, 5) is 15.3. The Labute approximate surface area is 205 Å². The lowest BCUT2D eigenvalue weighted by Crippen LogP contribution is -2.48. The summed E-state index contributed by atoms with van der Waals surface area (Å²) >= 11 is 5.38. The number of carbonyl (C=O) groups is 1. The molecule has 2 aromatic carbocycles. The zero-order valence-corrected chi connectivity index (χ0v) is 19.6. The molecule has 1 aliphatic carbocycles.